The summed E-state index contributed by atoms with van der Waals surface area (Å²) >= 11 is 15.3. The number of halogens is 3. The molecule has 5 heteroatoms. The molecule has 0 aliphatic rings. The maximum atomic E-state index is 6.05. The summed E-state index contributed by atoms with van der Waals surface area (Å²) in [5.74, 6) is 0.679. The SMILES string of the molecule is Nc1cc(Br)cc(OCc2cc(Cl)ccc2Cl)c1. The van der Waals surface area contributed by atoms with Crippen molar-refractivity contribution in [2.75, 3.05) is 5.73 Å². The zero-order valence-electron chi connectivity index (χ0n) is 9.29. The van der Waals surface area contributed by atoms with Gasteiger partial charge in [-0.05, 0) is 30.3 Å². The summed E-state index contributed by atoms with van der Waals surface area (Å²) in [6.45, 7) is 0.343. The zero-order chi connectivity index (χ0) is 13.1. The third-order valence-electron chi connectivity index (χ3n) is 2.30. The molecule has 18 heavy (non-hydrogen) atoms. The van der Waals surface area contributed by atoms with Crippen molar-refractivity contribution in [2.24, 2.45) is 0 Å². The predicted molar refractivity (Wildman–Crippen MR) is 79.3 cm³/mol. The van der Waals surface area contributed by atoms with Crippen molar-refractivity contribution in [3.05, 3.63) is 56.5 Å². The minimum atomic E-state index is 0.343. The number of benzene rings is 2. The van der Waals surface area contributed by atoms with Crippen LogP contribution in [-0.2, 0) is 6.61 Å². The van der Waals surface area contributed by atoms with Crippen molar-refractivity contribution in [3.63, 3.8) is 0 Å². The average molecular weight is 347 g/mol. The lowest BCUT2D eigenvalue weighted by Gasteiger charge is -2.09. The van der Waals surface area contributed by atoms with Crippen molar-refractivity contribution >= 4 is 44.8 Å². The van der Waals surface area contributed by atoms with E-state index in [1.54, 1.807) is 30.3 Å². The number of anilines is 1. The smallest absolute Gasteiger partial charge is 0.122 e. The van der Waals surface area contributed by atoms with Crippen molar-refractivity contribution < 1.29 is 4.74 Å². The third-order valence-corrected chi connectivity index (χ3v) is 3.36. The number of nitrogen functional groups attached to an aromatic ring is 1. The molecule has 0 fully saturated rings. The van der Waals surface area contributed by atoms with E-state index in [9.17, 15) is 0 Å². The molecule has 0 saturated heterocycles. The van der Waals surface area contributed by atoms with Crippen molar-refractivity contribution in [1.29, 1.82) is 0 Å². The highest BCUT2D eigenvalue weighted by Crippen LogP contribution is 2.26. The van der Waals surface area contributed by atoms with E-state index in [1.165, 1.54) is 0 Å². The first-order valence-electron chi connectivity index (χ1n) is 5.17. The van der Waals surface area contributed by atoms with Gasteiger partial charge >= 0.3 is 0 Å². The van der Waals surface area contributed by atoms with Gasteiger partial charge in [0, 0.05) is 31.8 Å². The van der Waals surface area contributed by atoms with Crippen LogP contribution in [0.3, 0.4) is 0 Å². The van der Waals surface area contributed by atoms with Gasteiger partial charge < -0.3 is 10.5 Å². The summed E-state index contributed by atoms with van der Waals surface area (Å²) in [4.78, 5) is 0. The largest absolute Gasteiger partial charge is 0.489 e. The molecule has 0 saturated carbocycles. The molecule has 2 nitrogen and oxygen atoms in total. The zero-order valence-corrected chi connectivity index (χ0v) is 12.4. The van der Waals surface area contributed by atoms with Crippen molar-refractivity contribution in [3.8, 4) is 5.75 Å². The van der Waals surface area contributed by atoms with E-state index in [0.29, 0.717) is 28.1 Å². The van der Waals surface area contributed by atoms with Crippen LogP contribution in [0.5, 0.6) is 5.75 Å². The summed E-state index contributed by atoms with van der Waals surface area (Å²) in [6.07, 6.45) is 0. The van der Waals surface area contributed by atoms with Gasteiger partial charge in [-0.1, -0.05) is 39.1 Å². The quantitative estimate of drug-likeness (QED) is 0.801. The van der Waals surface area contributed by atoms with Gasteiger partial charge in [0.25, 0.3) is 0 Å². The molecule has 94 valence electrons. The second kappa shape index (κ2) is 5.83. The molecule has 2 aromatic rings. The lowest BCUT2D eigenvalue weighted by molar-refractivity contribution is 0.306. The summed E-state index contributed by atoms with van der Waals surface area (Å²) < 4.78 is 6.51. The van der Waals surface area contributed by atoms with E-state index in [4.69, 9.17) is 33.7 Å². The number of hydrogen-bond donors (Lipinski definition) is 1. The molecule has 0 atom stereocenters. The monoisotopic (exact) mass is 345 g/mol. The van der Waals surface area contributed by atoms with E-state index in [2.05, 4.69) is 15.9 Å². The molecule has 0 radical (unpaired) electrons. The van der Waals surface area contributed by atoms with E-state index >= 15 is 0 Å². The van der Waals surface area contributed by atoms with E-state index in [-0.39, 0.29) is 0 Å². The van der Waals surface area contributed by atoms with E-state index in [1.807, 2.05) is 6.07 Å². The Hall–Kier alpha value is -0.900. The Morgan fingerprint density at radius 1 is 1.11 bits per heavy atom. The van der Waals surface area contributed by atoms with Gasteiger partial charge in [-0.3, -0.25) is 0 Å². The molecule has 0 heterocycles. The number of ether oxygens (including phenoxy) is 1. The molecule has 0 aromatic heterocycles. The molecule has 0 unspecified atom stereocenters. The molecule has 0 spiro atoms. The summed E-state index contributed by atoms with van der Waals surface area (Å²) in [6, 6.07) is 10.7. The molecule has 0 bridgehead atoms. The van der Waals surface area contributed by atoms with Gasteiger partial charge in [-0.15, -0.1) is 0 Å². The Labute approximate surface area is 124 Å². The van der Waals surface area contributed by atoms with E-state index < -0.39 is 0 Å². The minimum absolute atomic E-state index is 0.343. The van der Waals surface area contributed by atoms with Gasteiger partial charge in [0.1, 0.15) is 12.4 Å². The molecule has 2 N–H and O–H groups in total. The fourth-order valence-electron chi connectivity index (χ4n) is 1.48. The molecule has 0 amide bonds. The highest BCUT2D eigenvalue weighted by atomic mass is 79.9. The van der Waals surface area contributed by atoms with Crippen LogP contribution in [-0.4, -0.2) is 0 Å². The topological polar surface area (TPSA) is 35.2 Å². The Kier molecular flexibility index (Phi) is 4.38. The molecule has 2 rings (SSSR count). The van der Waals surface area contributed by atoms with Crippen LogP contribution in [0, 0.1) is 0 Å². The fourth-order valence-corrected chi connectivity index (χ4v) is 2.34. The average Bonchev–Trinajstić information content (AvgIpc) is 2.29. The molecule has 0 aliphatic heterocycles. The molecular formula is C13H10BrCl2NO. The van der Waals surface area contributed by atoms with Crippen LogP contribution in [0.2, 0.25) is 10.0 Å². The first-order chi connectivity index (χ1) is 8.54. The summed E-state index contributed by atoms with van der Waals surface area (Å²) in [5, 5.41) is 1.26. The maximum absolute atomic E-state index is 6.05. The van der Waals surface area contributed by atoms with Crippen LogP contribution < -0.4 is 10.5 Å². The molecule has 0 aliphatic carbocycles. The molecule has 2 aromatic carbocycles. The predicted octanol–water partition coefficient (Wildman–Crippen LogP) is 4.92. The highest BCUT2D eigenvalue weighted by molar-refractivity contribution is 9.10. The van der Waals surface area contributed by atoms with Gasteiger partial charge in [0.2, 0.25) is 0 Å². The standard InChI is InChI=1S/C13H10BrCl2NO/c14-9-4-11(17)6-12(5-9)18-7-8-3-10(15)1-2-13(8)16/h1-6H,7,17H2. The molecular weight excluding hydrogens is 337 g/mol. The summed E-state index contributed by atoms with van der Waals surface area (Å²) in [5.41, 5.74) is 7.20. The number of rotatable bonds is 3. The first-order valence-corrected chi connectivity index (χ1v) is 6.72. The van der Waals surface area contributed by atoms with Gasteiger partial charge in [-0.25, -0.2) is 0 Å². The van der Waals surface area contributed by atoms with Gasteiger partial charge in [-0.2, -0.15) is 0 Å². The normalized spacial score (nSPS) is 10.4. The maximum Gasteiger partial charge on any atom is 0.122 e. The van der Waals surface area contributed by atoms with Crippen LogP contribution in [0.1, 0.15) is 5.56 Å². The minimum Gasteiger partial charge on any atom is -0.489 e. The second-order valence-corrected chi connectivity index (χ2v) is 5.50. The number of hydrogen-bond acceptors (Lipinski definition) is 2. The van der Waals surface area contributed by atoms with Gasteiger partial charge in [0.05, 0.1) is 0 Å². The van der Waals surface area contributed by atoms with Crippen LogP contribution >= 0.6 is 39.1 Å². The Balaban J connectivity index is 2.13. The Bertz CT molecular complexity index is 555. The van der Waals surface area contributed by atoms with Crippen molar-refractivity contribution in [1.82, 2.24) is 0 Å². The van der Waals surface area contributed by atoms with Crippen LogP contribution in [0.4, 0.5) is 5.69 Å². The first kappa shape index (κ1) is 13.5. The fraction of sp³-hybridized carbons (Fsp3) is 0.0769. The van der Waals surface area contributed by atoms with Crippen molar-refractivity contribution in [2.45, 2.75) is 6.61 Å². The highest BCUT2D eigenvalue weighted by Gasteiger charge is 2.04. The Morgan fingerprint density at radius 2 is 1.89 bits per heavy atom. The third kappa shape index (κ3) is 3.55. The van der Waals surface area contributed by atoms with Crippen LogP contribution in [0.15, 0.2) is 40.9 Å². The van der Waals surface area contributed by atoms with Crippen LogP contribution in [0.25, 0.3) is 0 Å². The Morgan fingerprint density at radius 3 is 2.61 bits per heavy atom. The number of nitrogens with two attached hydrogens (primary N) is 1. The lowest BCUT2D eigenvalue weighted by atomic mass is 10.2. The van der Waals surface area contributed by atoms with Gasteiger partial charge in [0.15, 0.2) is 0 Å². The lowest BCUT2D eigenvalue weighted by Crippen LogP contribution is -1.97. The summed E-state index contributed by atoms with van der Waals surface area (Å²) in [7, 11) is 0. The van der Waals surface area contributed by atoms with E-state index in [0.717, 1.165) is 10.0 Å². The second-order valence-electron chi connectivity index (χ2n) is 3.74.